The Morgan fingerprint density at radius 3 is 2.63 bits per heavy atom. The molecule has 1 aliphatic heterocycles. The lowest BCUT2D eigenvalue weighted by molar-refractivity contribution is -0.121. The molecule has 3 unspecified atom stereocenters. The van der Waals surface area contributed by atoms with E-state index < -0.39 is 0 Å². The van der Waals surface area contributed by atoms with Crippen molar-refractivity contribution in [3.05, 3.63) is 35.9 Å². The van der Waals surface area contributed by atoms with Crippen LogP contribution < -0.4 is 10.6 Å². The van der Waals surface area contributed by atoms with Gasteiger partial charge in [0.25, 0.3) is 0 Å². The first-order chi connectivity index (χ1) is 8.66. The fraction of sp³-hybridized carbons (Fsp3) is 0.533. The smallest absolute Gasteiger partial charge is 0.224 e. The standard InChI is InChI=1S/C15H22N2O.ClH/c1-11-8-9-16-12(2)15(11)17-14(18)10-13-6-4-3-5-7-13;/h3-7,11-12,15-16H,8-10H2,1-2H3,(H,17,18);1H. The SMILES string of the molecule is CC1CCNC(C)C1NC(=O)Cc1ccccc1.Cl. The third kappa shape index (κ3) is 4.51. The molecule has 4 heteroatoms. The maximum absolute atomic E-state index is 12.0. The summed E-state index contributed by atoms with van der Waals surface area (Å²) in [6.07, 6.45) is 1.59. The van der Waals surface area contributed by atoms with E-state index in [1.807, 2.05) is 30.3 Å². The molecule has 1 aliphatic rings. The zero-order chi connectivity index (χ0) is 13.0. The second-order valence-corrected chi connectivity index (χ2v) is 5.26. The minimum Gasteiger partial charge on any atom is -0.351 e. The summed E-state index contributed by atoms with van der Waals surface area (Å²) >= 11 is 0. The van der Waals surface area contributed by atoms with Crippen LogP contribution in [0.3, 0.4) is 0 Å². The van der Waals surface area contributed by atoms with Crippen molar-refractivity contribution in [1.29, 1.82) is 0 Å². The van der Waals surface area contributed by atoms with Gasteiger partial charge in [-0.15, -0.1) is 12.4 Å². The monoisotopic (exact) mass is 282 g/mol. The Kier molecular flexibility index (Phi) is 6.32. The second-order valence-electron chi connectivity index (χ2n) is 5.26. The summed E-state index contributed by atoms with van der Waals surface area (Å²) in [7, 11) is 0. The van der Waals surface area contributed by atoms with Crippen LogP contribution in [0.15, 0.2) is 30.3 Å². The summed E-state index contributed by atoms with van der Waals surface area (Å²) in [5.41, 5.74) is 1.07. The lowest BCUT2D eigenvalue weighted by Gasteiger charge is -2.36. The average molecular weight is 283 g/mol. The van der Waals surface area contributed by atoms with Crippen LogP contribution in [-0.4, -0.2) is 24.5 Å². The average Bonchev–Trinajstić information content (AvgIpc) is 2.35. The third-order valence-corrected chi connectivity index (χ3v) is 3.75. The lowest BCUT2D eigenvalue weighted by atomic mass is 9.89. The Morgan fingerprint density at radius 2 is 2.00 bits per heavy atom. The van der Waals surface area contributed by atoms with Gasteiger partial charge in [0.05, 0.1) is 6.42 Å². The first kappa shape index (κ1) is 16.0. The van der Waals surface area contributed by atoms with E-state index in [2.05, 4.69) is 24.5 Å². The molecule has 0 bridgehead atoms. The summed E-state index contributed by atoms with van der Waals surface area (Å²) in [5.74, 6) is 0.662. The molecule has 0 spiro atoms. The Bertz CT molecular complexity index is 386. The van der Waals surface area contributed by atoms with Crippen molar-refractivity contribution in [2.45, 2.75) is 38.8 Å². The fourth-order valence-electron chi connectivity index (χ4n) is 2.62. The van der Waals surface area contributed by atoms with Crippen LogP contribution in [-0.2, 0) is 11.2 Å². The number of nitrogens with one attached hydrogen (secondary N) is 2. The van der Waals surface area contributed by atoms with E-state index in [1.54, 1.807) is 0 Å². The summed E-state index contributed by atoms with van der Waals surface area (Å²) in [6, 6.07) is 10.5. The van der Waals surface area contributed by atoms with Crippen LogP contribution in [0.5, 0.6) is 0 Å². The number of piperidine rings is 1. The summed E-state index contributed by atoms with van der Waals surface area (Å²) in [4.78, 5) is 12.0. The Morgan fingerprint density at radius 1 is 1.32 bits per heavy atom. The Hall–Kier alpha value is -1.06. The molecule has 2 rings (SSSR count). The normalized spacial score (nSPS) is 26.3. The number of hydrogen-bond donors (Lipinski definition) is 2. The highest BCUT2D eigenvalue weighted by molar-refractivity contribution is 5.85. The Balaban J connectivity index is 0.00000180. The number of carbonyl (C=O) groups is 1. The van der Waals surface area contributed by atoms with E-state index in [1.165, 1.54) is 0 Å². The minimum atomic E-state index is 0. The highest BCUT2D eigenvalue weighted by Gasteiger charge is 2.28. The van der Waals surface area contributed by atoms with Crippen molar-refractivity contribution >= 4 is 18.3 Å². The molecule has 0 saturated carbocycles. The molecule has 1 amide bonds. The predicted octanol–water partition coefficient (Wildman–Crippen LogP) is 2.15. The topological polar surface area (TPSA) is 41.1 Å². The second kappa shape index (κ2) is 7.51. The number of rotatable bonds is 3. The third-order valence-electron chi connectivity index (χ3n) is 3.75. The molecule has 1 aromatic carbocycles. The summed E-state index contributed by atoms with van der Waals surface area (Å²) < 4.78 is 0. The number of amides is 1. The van der Waals surface area contributed by atoms with Gasteiger partial charge >= 0.3 is 0 Å². The molecule has 19 heavy (non-hydrogen) atoms. The van der Waals surface area contributed by atoms with Crippen molar-refractivity contribution in [3.8, 4) is 0 Å². The van der Waals surface area contributed by atoms with Gasteiger partial charge in [0, 0.05) is 12.1 Å². The van der Waals surface area contributed by atoms with E-state index in [0.717, 1.165) is 18.5 Å². The van der Waals surface area contributed by atoms with Gasteiger partial charge in [-0.1, -0.05) is 37.3 Å². The molecular weight excluding hydrogens is 260 g/mol. The van der Waals surface area contributed by atoms with Crippen molar-refractivity contribution in [2.24, 2.45) is 5.92 Å². The highest BCUT2D eigenvalue weighted by atomic mass is 35.5. The summed E-state index contributed by atoms with van der Waals surface area (Å²) in [5, 5.41) is 6.58. The molecule has 2 N–H and O–H groups in total. The molecule has 1 heterocycles. The molecule has 1 fully saturated rings. The van der Waals surface area contributed by atoms with Gasteiger partial charge in [0.1, 0.15) is 0 Å². The molecule has 0 aliphatic carbocycles. The summed E-state index contributed by atoms with van der Waals surface area (Å²) in [6.45, 7) is 5.40. The molecular formula is C15H23ClN2O. The highest BCUT2D eigenvalue weighted by Crippen LogP contribution is 2.16. The zero-order valence-corrected chi connectivity index (χ0v) is 12.4. The number of halogens is 1. The van der Waals surface area contributed by atoms with Crippen LogP contribution in [0.1, 0.15) is 25.8 Å². The van der Waals surface area contributed by atoms with Crippen molar-refractivity contribution in [1.82, 2.24) is 10.6 Å². The van der Waals surface area contributed by atoms with Crippen LogP contribution >= 0.6 is 12.4 Å². The van der Waals surface area contributed by atoms with Crippen molar-refractivity contribution < 1.29 is 4.79 Å². The molecule has 3 atom stereocenters. The van der Waals surface area contributed by atoms with Crippen LogP contribution in [0, 0.1) is 5.92 Å². The van der Waals surface area contributed by atoms with Gasteiger partial charge in [0.15, 0.2) is 0 Å². The molecule has 3 nitrogen and oxygen atoms in total. The molecule has 1 aromatic rings. The number of carbonyl (C=O) groups excluding carboxylic acids is 1. The lowest BCUT2D eigenvalue weighted by Crippen LogP contribution is -2.56. The van der Waals surface area contributed by atoms with E-state index >= 15 is 0 Å². The number of benzene rings is 1. The molecule has 106 valence electrons. The fourth-order valence-corrected chi connectivity index (χ4v) is 2.62. The van der Waals surface area contributed by atoms with Crippen LogP contribution in [0.2, 0.25) is 0 Å². The van der Waals surface area contributed by atoms with E-state index in [9.17, 15) is 4.79 Å². The van der Waals surface area contributed by atoms with E-state index in [4.69, 9.17) is 0 Å². The molecule has 0 aromatic heterocycles. The number of hydrogen-bond acceptors (Lipinski definition) is 2. The Labute approximate surface area is 121 Å². The van der Waals surface area contributed by atoms with Crippen molar-refractivity contribution in [2.75, 3.05) is 6.54 Å². The van der Waals surface area contributed by atoms with Gasteiger partial charge in [-0.2, -0.15) is 0 Å². The van der Waals surface area contributed by atoms with Gasteiger partial charge in [-0.05, 0) is 31.4 Å². The van der Waals surface area contributed by atoms with E-state index in [-0.39, 0.29) is 24.4 Å². The largest absolute Gasteiger partial charge is 0.351 e. The first-order valence-corrected chi connectivity index (χ1v) is 6.73. The maximum atomic E-state index is 12.0. The van der Waals surface area contributed by atoms with Crippen molar-refractivity contribution in [3.63, 3.8) is 0 Å². The quantitative estimate of drug-likeness (QED) is 0.892. The van der Waals surface area contributed by atoms with Gasteiger partial charge < -0.3 is 10.6 Å². The van der Waals surface area contributed by atoms with Crippen LogP contribution in [0.4, 0.5) is 0 Å². The van der Waals surface area contributed by atoms with E-state index in [0.29, 0.717) is 18.4 Å². The van der Waals surface area contributed by atoms with Gasteiger partial charge in [0.2, 0.25) is 5.91 Å². The van der Waals surface area contributed by atoms with Crippen LogP contribution in [0.25, 0.3) is 0 Å². The zero-order valence-electron chi connectivity index (χ0n) is 11.6. The molecule has 1 saturated heterocycles. The maximum Gasteiger partial charge on any atom is 0.224 e. The van der Waals surface area contributed by atoms with Gasteiger partial charge in [-0.3, -0.25) is 4.79 Å². The first-order valence-electron chi connectivity index (χ1n) is 6.73. The molecule has 0 radical (unpaired) electrons. The van der Waals surface area contributed by atoms with Gasteiger partial charge in [-0.25, -0.2) is 0 Å². The minimum absolute atomic E-state index is 0. The predicted molar refractivity (Wildman–Crippen MR) is 80.6 cm³/mol.